The van der Waals surface area contributed by atoms with Crippen molar-refractivity contribution in [2.75, 3.05) is 13.2 Å². The summed E-state index contributed by atoms with van der Waals surface area (Å²) in [5, 5.41) is 0. The summed E-state index contributed by atoms with van der Waals surface area (Å²) in [6.45, 7) is 6.81. The molecular formula is C17H24O3. The topological polar surface area (TPSA) is 35.5 Å². The van der Waals surface area contributed by atoms with E-state index in [-0.39, 0.29) is 11.9 Å². The van der Waals surface area contributed by atoms with Crippen molar-refractivity contribution in [2.24, 2.45) is 5.92 Å². The smallest absolute Gasteiger partial charge is 0.306 e. The molecule has 1 atom stereocenters. The summed E-state index contributed by atoms with van der Waals surface area (Å²) in [7, 11) is 0. The van der Waals surface area contributed by atoms with Crippen LogP contribution in [0.15, 0.2) is 42.0 Å². The Balaban J connectivity index is 2.23. The number of rotatable bonds is 8. The second kappa shape index (κ2) is 9.18. The Hall–Kier alpha value is -1.77. The number of esters is 1. The van der Waals surface area contributed by atoms with Gasteiger partial charge in [-0.15, -0.1) is 0 Å². The largest absolute Gasteiger partial charge is 0.490 e. The first-order chi connectivity index (χ1) is 9.67. The summed E-state index contributed by atoms with van der Waals surface area (Å²) < 4.78 is 10.7. The first kappa shape index (κ1) is 16.3. The highest BCUT2D eigenvalue weighted by Gasteiger charge is 2.14. The zero-order chi connectivity index (χ0) is 14.8. The maximum Gasteiger partial charge on any atom is 0.306 e. The second-order valence-electron chi connectivity index (χ2n) is 4.72. The number of ether oxygens (including phenoxy) is 2. The number of allylic oxidation sites excluding steroid dienone is 2. The van der Waals surface area contributed by atoms with Gasteiger partial charge in [0, 0.05) is 0 Å². The molecule has 0 radical (unpaired) electrons. The molecule has 0 fully saturated rings. The van der Waals surface area contributed by atoms with Crippen LogP contribution in [0.1, 0.15) is 33.6 Å². The molecular weight excluding hydrogens is 252 g/mol. The molecule has 1 aromatic carbocycles. The minimum Gasteiger partial charge on any atom is -0.490 e. The van der Waals surface area contributed by atoms with Gasteiger partial charge in [-0.3, -0.25) is 4.79 Å². The minimum atomic E-state index is -0.158. The Bertz CT molecular complexity index is 423. The molecule has 20 heavy (non-hydrogen) atoms. The van der Waals surface area contributed by atoms with Crippen LogP contribution >= 0.6 is 0 Å². The Morgan fingerprint density at radius 2 is 1.95 bits per heavy atom. The van der Waals surface area contributed by atoms with Gasteiger partial charge in [-0.05, 0) is 38.3 Å². The van der Waals surface area contributed by atoms with E-state index in [2.05, 4.69) is 19.9 Å². The van der Waals surface area contributed by atoms with Gasteiger partial charge in [0.2, 0.25) is 0 Å². The molecule has 0 aromatic heterocycles. The van der Waals surface area contributed by atoms with Crippen LogP contribution in [-0.2, 0) is 9.53 Å². The monoisotopic (exact) mass is 276 g/mol. The third kappa shape index (κ3) is 5.91. The SMILES string of the molecule is C/C=C(/C)[C@@H](CC)CC(=O)OCCOc1ccccc1. The van der Waals surface area contributed by atoms with E-state index in [4.69, 9.17) is 9.47 Å². The summed E-state index contributed by atoms with van der Waals surface area (Å²) in [6.07, 6.45) is 3.45. The van der Waals surface area contributed by atoms with Gasteiger partial charge in [0.25, 0.3) is 0 Å². The van der Waals surface area contributed by atoms with Gasteiger partial charge in [-0.25, -0.2) is 0 Å². The minimum absolute atomic E-state index is 0.158. The van der Waals surface area contributed by atoms with Crippen molar-refractivity contribution in [1.82, 2.24) is 0 Å². The van der Waals surface area contributed by atoms with Crippen molar-refractivity contribution in [1.29, 1.82) is 0 Å². The molecule has 0 unspecified atom stereocenters. The number of hydrogen-bond acceptors (Lipinski definition) is 3. The van der Waals surface area contributed by atoms with E-state index < -0.39 is 0 Å². The Kier molecular flexibility index (Phi) is 7.48. The average molecular weight is 276 g/mol. The summed E-state index contributed by atoms with van der Waals surface area (Å²) in [6, 6.07) is 9.51. The highest BCUT2D eigenvalue weighted by molar-refractivity contribution is 5.70. The van der Waals surface area contributed by atoms with E-state index in [0.717, 1.165) is 12.2 Å². The molecule has 0 aliphatic heterocycles. The predicted molar refractivity (Wildman–Crippen MR) is 80.7 cm³/mol. The van der Waals surface area contributed by atoms with Gasteiger partial charge in [0.05, 0.1) is 6.42 Å². The van der Waals surface area contributed by atoms with E-state index in [1.165, 1.54) is 5.57 Å². The van der Waals surface area contributed by atoms with E-state index in [1.807, 2.05) is 37.3 Å². The van der Waals surface area contributed by atoms with E-state index >= 15 is 0 Å². The fourth-order valence-corrected chi connectivity index (χ4v) is 1.95. The summed E-state index contributed by atoms with van der Waals surface area (Å²) in [5.41, 5.74) is 1.24. The number of hydrogen-bond donors (Lipinski definition) is 0. The Labute approximate surface area is 121 Å². The lowest BCUT2D eigenvalue weighted by molar-refractivity contribution is -0.145. The van der Waals surface area contributed by atoms with Crippen LogP contribution in [-0.4, -0.2) is 19.2 Å². The third-order valence-electron chi connectivity index (χ3n) is 3.36. The van der Waals surface area contributed by atoms with Crippen LogP contribution in [0.3, 0.4) is 0 Å². The van der Waals surface area contributed by atoms with Crippen molar-refractivity contribution >= 4 is 5.97 Å². The molecule has 0 aliphatic rings. The normalized spacial score (nSPS) is 12.8. The van der Waals surface area contributed by atoms with Crippen molar-refractivity contribution < 1.29 is 14.3 Å². The molecule has 0 bridgehead atoms. The fourth-order valence-electron chi connectivity index (χ4n) is 1.95. The van der Waals surface area contributed by atoms with Gasteiger partial charge in [-0.2, -0.15) is 0 Å². The lowest BCUT2D eigenvalue weighted by atomic mass is 9.94. The zero-order valence-electron chi connectivity index (χ0n) is 12.6. The van der Waals surface area contributed by atoms with Crippen LogP contribution in [0.5, 0.6) is 5.75 Å². The third-order valence-corrected chi connectivity index (χ3v) is 3.36. The van der Waals surface area contributed by atoms with Gasteiger partial charge < -0.3 is 9.47 Å². The highest BCUT2D eigenvalue weighted by Crippen LogP contribution is 2.19. The first-order valence-corrected chi connectivity index (χ1v) is 7.13. The molecule has 0 amide bonds. The van der Waals surface area contributed by atoms with Gasteiger partial charge in [-0.1, -0.05) is 36.8 Å². The zero-order valence-corrected chi connectivity index (χ0v) is 12.6. The molecule has 0 aliphatic carbocycles. The molecule has 0 saturated heterocycles. The van der Waals surface area contributed by atoms with Crippen molar-refractivity contribution in [3.8, 4) is 5.75 Å². The van der Waals surface area contributed by atoms with Crippen LogP contribution in [0.4, 0.5) is 0 Å². The number of carbonyl (C=O) groups is 1. The molecule has 0 N–H and O–H groups in total. The number of benzene rings is 1. The maximum atomic E-state index is 11.7. The predicted octanol–water partition coefficient (Wildman–Crippen LogP) is 3.99. The highest BCUT2D eigenvalue weighted by atomic mass is 16.6. The summed E-state index contributed by atoms with van der Waals surface area (Å²) in [5.74, 6) is 0.914. The molecule has 110 valence electrons. The first-order valence-electron chi connectivity index (χ1n) is 7.13. The van der Waals surface area contributed by atoms with Gasteiger partial charge >= 0.3 is 5.97 Å². The van der Waals surface area contributed by atoms with E-state index in [1.54, 1.807) is 0 Å². The fraction of sp³-hybridized carbons (Fsp3) is 0.471. The van der Waals surface area contributed by atoms with E-state index in [9.17, 15) is 4.79 Å². The molecule has 0 spiro atoms. The number of para-hydroxylation sites is 1. The molecule has 3 heteroatoms. The Morgan fingerprint density at radius 3 is 2.55 bits per heavy atom. The van der Waals surface area contributed by atoms with Gasteiger partial charge in [0.15, 0.2) is 0 Å². The molecule has 0 saturated carbocycles. The summed E-state index contributed by atoms with van der Waals surface area (Å²) >= 11 is 0. The lowest BCUT2D eigenvalue weighted by Crippen LogP contribution is -2.16. The summed E-state index contributed by atoms with van der Waals surface area (Å²) in [4.78, 5) is 11.7. The average Bonchev–Trinajstić information content (AvgIpc) is 2.49. The van der Waals surface area contributed by atoms with Crippen LogP contribution in [0, 0.1) is 5.92 Å². The van der Waals surface area contributed by atoms with Gasteiger partial charge in [0.1, 0.15) is 19.0 Å². The van der Waals surface area contributed by atoms with Crippen LogP contribution in [0.25, 0.3) is 0 Å². The van der Waals surface area contributed by atoms with Crippen LogP contribution < -0.4 is 4.74 Å². The molecule has 1 rings (SSSR count). The van der Waals surface area contributed by atoms with Crippen molar-refractivity contribution in [3.63, 3.8) is 0 Å². The Morgan fingerprint density at radius 1 is 1.25 bits per heavy atom. The molecule has 0 heterocycles. The van der Waals surface area contributed by atoms with E-state index in [0.29, 0.717) is 19.6 Å². The molecule has 3 nitrogen and oxygen atoms in total. The maximum absolute atomic E-state index is 11.7. The lowest BCUT2D eigenvalue weighted by Gasteiger charge is -2.15. The second-order valence-corrected chi connectivity index (χ2v) is 4.72. The van der Waals surface area contributed by atoms with Crippen LogP contribution in [0.2, 0.25) is 0 Å². The number of carbonyl (C=O) groups excluding carboxylic acids is 1. The quantitative estimate of drug-likeness (QED) is 0.409. The van der Waals surface area contributed by atoms with Crippen molar-refractivity contribution in [2.45, 2.75) is 33.6 Å². The molecule has 1 aromatic rings. The van der Waals surface area contributed by atoms with Crippen molar-refractivity contribution in [3.05, 3.63) is 42.0 Å². The standard InChI is InChI=1S/C17H24O3/c1-4-14(3)15(5-2)13-17(18)20-12-11-19-16-9-7-6-8-10-16/h4,6-10,15H,5,11-13H2,1-3H3/b14-4-/t15-/m0/s1.